The maximum Gasteiger partial charge on any atom is 0.329 e. The lowest BCUT2D eigenvalue weighted by Gasteiger charge is -2.09. The molecule has 0 aliphatic carbocycles. The van der Waals surface area contributed by atoms with Gasteiger partial charge in [0.1, 0.15) is 13.2 Å². The number of anilines is 1. The van der Waals surface area contributed by atoms with Crippen LogP contribution >= 0.6 is 11.6 Å². The topological polar surface area (TPSA) is 88.5 Å². The highest BCUT2D eigenvalue weighted by atomic mass is 35.5. The summed E-state index contributed by atoms with van der Waals surface area (Å²) in [6.07, 6.45) is 1.52. The van der Waals surface area contributed by atoms with Crippen molar-refractivity contribution in [1.29, 1.82) is 0 Å². The number of nitrogens with one attached hydrogen (secondary N) is 1. The maximum atomic E-state index is 11.4. The molecule has 0 saturated heterocycles. The van der Waals surface area contributed by atoms with E-state index in [2.05, 4.69) is 15.0 Å². The third kappa shape index (κ3) is 4.38. The van der Waals surface area contributed by atoms with Crippen molar-refractivity contribution >= 4 is 29.2 Å². The summed E-state index contributed by atoms with van der Waals surface area (Å²) in [5.74, 6) is -1.61. The van der Waals surface area contributed by atoms with Crippen LogP contribution in [0, 0.1) is 6.92 Å². The van der Waals surface area contributed by atoms with Crippen LogP contribution in [0.15, 0.2) is 12.3 Å². The quantitative estimate of drug-likeness (QED) is 0.772. The average Bonchev–Trinajstić information content (AvgIpc) is 2.23. The Balaban J connectivity index is 2.53. The zero-order valence-corrected chi connectivity index (χ0v) is 9.82. The summed E-state index contributed by atoms with van der Waals surface area (Å²) in [6.45, 7) is 0.894. The van der Waals surface area contributed by atoms with Gasteiger partial charge >= 0.3 is 5.97 Å². The Bertz CT molecular complexity index is 416. The third-order valence-electron chi connectivity index (χ3n) is 1.84. The molecule has 92 valence electrons. The highest BCUT2D eigenvalue weighted by Gasteiger charge is 2.09. The van der Waals surface area contributed by atoms with Gasteiger partial charge in [0.05, 0.1) is 5.69 Å². The van der Waals surface area contributed by atoms with Gasteiger partial charge in [-0.15, -0.1) is 0 Å². The van der Waals surface area contributed by atoms with Crippen molar-refractivity contribution in [3.8, 4) is 0 Å². The van der Waals surface area contributed by atoms with Crippen LogP contribution in [-0.2, 0) is 14.3 Å². The van der Waals surface area contributed by atoms with Crippen LogP contribution in [0.2, 0.25) is 5.15 Å². The predicted molar refractivity (Wildman–Crippen MR) is 61.1 cm³/mol. The lowest BCUT2D eigenvalue weighted by Crippen LogP contribution is -2.21. The number of hydrogen-bond donors (Lipinski definition) is 2. The van der Waals surface area contributed by atoms with Crippen molar-refractivity contribution in [1.82, 2.24) is 4.98 Å². The summed E-state index contributed by atoms with van der Waals surface area (Å²) in [6, 6.07) is 1.69. The van der Waals surface area contributed by atoms with Crippen molar-refractivity contribution in [2.75, 3.05) is 18.5 Å². The minimum absolute atomic E-state index is 0.177. The molecule has 1 aromatic heterocycles. The fourth-order valence-electron chi connectivity index (χ4n) is 1.08. The Morgan fingerprint density at radius 2 is 2.24 bits per heavy atom. The first-order valence-electron chi connectivity index (χ1n) is 4.71. The van der Waals surface area contributed by atoms with Gasteiger partial charge in [0.15, 0.2) is 5.15 Å². The molecule has 1 aromatic rings. The van der Waals surface area contributed by atoms with Crippen molar-refractivity contribution in [3.63, 3.8) is 0 Å². The number of amides is 1. The van der Waals surface area contributed by atoms with Gasteiger partial charge in [-0.25, -0.2) is 9.78 Å². The Labute approximate surface area is 103 Å². The van der Waals surface area contributed by atoms with Crippen molar-refractivity contribution in [2.24, 2.45) is 0 Å². The Hall–Kier alpha value is -1.66. The van der Waals surface area contributed by atoms with Crippen LogP contribution in [0.3, 0.4) is 0 Å². The predicted octanol–water partition coefficient (Wildman–Crippen LogP) is 1.08. The first-order chi connectivity index (χ1) is 8.00. The lowest BCUT2D eigenvalue weighted by atomic mass is 10.2. The molecule has 6 nitrogen and oxygen atoms in total. The molecule has 0 bridgehead atoms. The van der Waals surface area contributed by atoms with Gasteiger partial charge in [0, 0.05) is 6.20 Å². The van der Waals surface area contributed by atoms with E-state index >= 15 is 0 Å². The van der Waals surface area contributed by atoms with Gasteiger partial charge < -0.3 is 15.2 Å². The molecule has 17 heavy (non-hydrogen) atoms. The van der Waals surface area contributed by atoms with E-state index in [9.17, 15) is 9.59 Å². The average molecular weight is 259 g/mol. The van der Waals surface area contributed by atoms with Crippen LogP contribution in [0.25, 0.3) is 0 Å². The number of halogens is 1. The number of rotatable bonds is 5. The van der Waals surface area contributed by atoms with Crippen LogP contribution in [0.1, 0.15) is 5.56 Å². The molecule has 0 unspecified atom stereocenters. The Morgan fingerprint density at radius 1 is 1.53 bits per heavy atom. The van der Waals surface area contributed by atoms with E-state index < -0.39 is 18.5 Å². The number of aryl methyl sites for hydroxylation is 1. The molecule has 0 saturated carbocycles. The first-order valence-corrected chi connectivity index (χ1v) is 5.09. The van der Waals surface area contributed by atoms with E-state index in [1.54, 1.807) is 13.0 Å². The van der Waals surface area contributed by atoms with Gasteiger partial charge in [-0.2, -0.15) is 0 Å². The summed E-state index contributed by atoms with van der Waals surface area (Å²) in [4.78, 5) is 25.4. The SMILES string of the molecule is Cc1ccnc(Cl)c1NC(=O)COCC(=O)O. The molecule has 0 radical (unpaired) electrons. The second-order valence-corrected chi connectivity index (χ2v) is 3.59. The number of ether oxygens (including phenoxy) is 1. The van der Waals surface area contributed by atoms with Crippen LogP contribution in [0.4, 0.5) is 5.69 Å². The normalized spacial score (nSPS) is 10.0. The molecule has 7 heteroatoms. The number of aliphatic carboxylic acids is 1. The van der Waals surface area contributed by atoms with E-state index in [1.807, 2.05) is 0 Å². The van der Waals surface area contributed by atoms with Crippen molar-refractivity contribution in [2.45, 2.75) is 6.92 Å². The molecule has 0 aromatic carbocycles. The van der Waals surface area contributed by atoms with E-state index in [4.69, 9.17) is 16.7 Å². The number of carboxylic acids is 1. The van der Waals surface area contributed by atoms with Crippen LogP contribution in [-0.4, -0.2) is 35.2 Å². The molecule has 0 spiro atoms. The fraction of sp³-hybridized carbons (Fsp3) is 0.300. The number of nitrogens with zero attached hydrogens (tertiary/aromatic N) is 1. The van der Waals surface area contributed by atoms with Crippen LogP contribution in [0.5, 0.6) is 0 Å². The fourth-order valence-corrected chi connectivity index (χ4v) is 1.33. The highest BCUT2D eigenvalue weighted by Crippen LogP contribution is 2.22. The van der Waals surface area contributed by atoms with Crippen molar-refractivity contribution in [3.05, 3.63) is 23.0 Å². The number of aromatic nitrogens is 1. The molecular weight excluding hydrogens is 248 g/mol. The second kappa shape index (κ2) is 6.17. The number of carboxylic acid groups (broad SMARTS) is 1. The first kappa shape index (κ1) is 13.4. The second-order valence-electron chi connectivity index (χ2n) is 3.23. The maximum absolute atomic E-state index is 11.4. The number of pyridine rings is 1. The van der Waals surface area contributed by atoms with Crippen molar-refractivity contribution < 1.29 is 19.4 Å². The number of carbonyl (C=O) groups excluding carboxylic acids is 1. The minimum Gasteiger partial charge on any atom is -0.480 e. The minimum atomic E-state index is -1.13. The van der Waals surface area contributed by atoms with Gasteiger partial charge in [0.25, 0.3) is 0 Å². The molecule has 2 N–H and O–H groups in total. The highest BCUT2D eigenvalue weighted by molar-refractivity contribution is 6.32. The molecule has 1 heterocycles. The van der Waals surface area contributed by atoms with Gasteiger partial charge in [-0.1, -0.05) is 11.6 Å². The zero-order valence-electron chi connectivity index (χ0n) is 9.07. The van der Waals surface area contributed by atoms with E-state index in [-0.39, 0.29) is 11.8 Å². The Morgan fingerprint density at radius 3 is 2.82 bits per heavy atom. The molecule has 0 atom stereocenters. The lowest BCUT2D eigenvalue weighted by molar-refractivity contribution is -0.143. The largest absolute Gasteiger partial charge is 0.480 e. The number of carbonyl (C=O) groups is 2. The molecule has 1 rings (SSSR count). The van der Waals surface area contributed by atoms with E-state index in [0.717, 1.165) is 5.56 Å². The summed E-state index contributed by atoms with van der Waals surface area (Å²) in [5.41, 5.74) is 1.16. The third-order valence-corrected chi connectivity index (χ3v) is 2.12. The smallest absolute Gasteiger partial charge is 0.329 e. The van der Waals surface area contributed by atoms with Gasteiger partial charge in [-0.05, 0) is 18.6 Å². The van der Waals surface area contributed by atoms with Crippen LogP contribution < -0.4 is 5.32 Å². The molecule has 1 amide bonds. The van der Waals surface area contributed by atoms with E-state index in [0.29, 0.717) is 5.69 Å². The molecule has 0 fully saturated rings. The summed E-state index contributed by atoms with van der Waals surface area (Å²) >= 11 is 5.80. The summed E-state index contributed by atoms with van der Waals surface area (Å²) in [5, 5.41) is 11.0. The zero-order chi connectivity index (χ0) is 12.8. The Kier molecular flexibility index (Phi) is 4.86. The number of hydrogen-bond acceptors (Lipinski definition) is 4. The molecule has 0 aliphatic heterocycles. The molecular formula is C10H11ClN2O4. The van der Waals surface area contributed by atoms with E-state index in [1.165, 1.54) is 6.20 Å². The van der Waals surface area contributed by atoms with Gasteiger partial charge in [-0.3, -0.25) is 4.79 Å². The molecule has 0 aliphatic rings. The summed E-state index contributed by atoms with van der Waals surface area (Å²) in [7, 11) is 0. The standard InChI is InChI=1S/C10H11ClN2O4/c1-6-2-3-12-10(11)9(6)13-7(14)4-17-5-8(15)16/h2-3H,4-5H2,1H3,(H,13,14)(H,15,16). The summed E-state index contributed by atoms with van der Waals surface area (Å²) < 4.78 is 4.63. The monoisotopic (exact) mass is 258 g/mol. The van der Waals surface area contributed by atoms with Gasteiger partial charge in [0.2, 0.25) is 5.91 Å².